The molecule has 1 N–H and O–H groups in total. The van der Waals surface area contributed by atoms with Crippen molar-refractivity contribution in [1.82, 2.24) is 10.2 Å². The van der Waals surface area contributed by atoms with E-state index in [0.29, 0.717) is 18.1 Å². The second-order valence-electron chi connectivity index (χ2n) is 7.25. The van der Waals surface area contributed by atoms with Gasteiger partial charge in [0.15, 0.2) is 9.84 Å². The summed E-state index contributed by atoms with van der Waals surface area (Å²) in [7, 11) is -1.97. The maximum absolute atomic E-state index is 12.4. The average Bonchev–Trinajstić information content (AvgIpc) is 3.16. The van der Waals surface area contributed by atoms with Crippen LogP contribution < -0.4 is 10.1 Å². The topological polar surface area (TPSA) is 111 Å². The smallest absolute Gasteiger partial charge is 0.322 e. The van der Waals surface area contributed by atoms with Crippen molar-refractivity contribution in [3.05, 3.63) is 65.0 Å². The number of nitrogens with one attached hydrogen (secondary N) is 1. The summed E-state index contributed by atoms with van der Waals surface area (Å²) in [6.45, 7) is 4.04. The van der Waals surface area contributed by atoms with Gasteiger partial charge in [0.05, 0.1) is 24.2 Å². The van der Waals surface area contributed by atoms with Crippen molar-refractivity contribution < 1.29 is 22.4 Å². The Kier molecular flexibility index (Phi) is 7.06. The van der Waals surface area contributed by atoms with E-state index in [2.05, 4.69) is 21.6 Å². The number of methoxy groups -OCH3 is 1. The summed E-state index contributed by atoms with van der Waals surface area (Å²) in [5, 5.41) is 10.3. The van der Waals surface area contributed by atoms with E-state index in [1.165, 1.54) is 24.8 Å². The number of amides is 1. The van der Waals surface area contributed by atoms with Crippen LogP contribution in [0.3, 0.4) is 0 Å². The molecule has 1 aromatic heterocycles. The molecule has 164 valence electrons. The summed E-state index contributed by atoms with van der Waals surface area (Å²) in [5.41, 5.74) is 3.37. The van der Waals surface area contributed by atoms with Crippen LogP contribution in [0.1, 0.15) is 35.4 Å². The second kappa shape index (κ2) is 9.74. The lowest BCUT2D eigenvalue weighted by atomic mass is 10.0. The predicted octanol–water partition coefficient (Wildman–Crippen LogP) is 3.48. The van der Waals surface area contributed by atoms with Gasteiger partial charge in [0, 0.05) is 6.42 Å². The lowest BCUT2D eigenvalue weighted by Gasteiger charge is -2.06. The minimum absolute atomic E-state index is 0.00257. The summed E-state index contributed by atoms with van der Waals surface area (Å²) < 4.78 is 35.3. The monoisotopic (exact) mass is 443 g/mol. The molecule has 0 spiro atoms. The molecule has 0 unspecified atom stereocenters. The van der Waals surface area contributed by atoms with Crippen LogP contribution in [-0.2, 0) is 21.1 Å². The van der Waals surface area contributed by atoms with E-state index in [1.54, 1.807) is 12.1 Å². The molecular weight excluding hydrogens is 418 g/mol. The van der Waals surface area contributed by atoms with Gasteiger partial charge in [-0.1, -0.05) is 28.9 Å². The molecule has 0 radical (unpaired) electrons. The highest BCUT2D eigenvalue weighted by Gasteiger charge is 2.16. The van der Waals surface area contributed by atoms with E-state index >= 15 is 0 Å². The number of anilines is 1. The Morgan fingerprint density at radius 3 is 2.52 bits per heavy atom. The first-order valence-corrected chi connectivity index (χ1v) is 11.5. The van der Waals surface area contributed by atoms with Gasteiger partial charge in [-0.15, -0.1) is 5.10 Å². The first-order valence-electron chi connectivity index (χ1n) is 9.82. The highest BCUT2D eigenvalue weighted by molar-refractivity contribution is 7.91. The largest absolute Gasteiger partial charge is 0.497 e. The van der Waals surface area contributed by atoms with Crippen molar-refractivity contribution >= 4 is 21.8 Å². The zero-order chi connectivity index (χ0) is 22.4. The summed E-state index contributed by atoms with van der Waals surface area (Å²) in [5.74, 6) is 0.444. The zero-order valence-corrected chi connectivity index (χ0v) is 18.5. The average molecular weight is 444 g/mol. The number of aryl methyl sites for hydroxylation is 2. The first-order chi connectivity index (χ1) is 14.8. The fraction of sp³-hybridized carbons (Fsp3) is 0.318. The van der Waals surface area contributed by atoms with Crippen molar-refractivity contribution in [1.29, 1.82) is 0 Å². The third-order valence-corrected chi connectivity index (χ3v) is 6.60. The number of rotatable bonds is 9. The molecule has 1 heterocycles. The molecule has 0 atom stereocenters. The molecular formula is C22H25N3O5S. The van der Waals surface area contributed by atoms with E-state index in [4.69, 9.17) is 9.15 Å². The Morgan fingerprint density at radius 1 is 1.10 bits per heavy atom. The van der Waals surface area contributed by atoms with Crippen molar-refractivity contribution in [2.45, 2.75) is 38.0 Å². The van der Waals surface area contributed by atoms with Crippen LogP contribution in [0.5, 0.6) is 5.75 Å². The molecule has 0 fully saturated rings. The number of sulfone groups is 1. The van der Waals surface area contributed by atoms with Gasteiger partial charge in [0.1, 0.15) is 5.75 Å². The maximum Gasteiger partial charge on any atom is 0.322 e. The van der Waals surface area contributed by atoms with Crippen molar-refractivity contribution in [3.8, 4) is 5.75 Å². The van der Waals surface area contributed by atoms with E-state index in [-0.39, 0.29) is 35.4 Å². The van der Waals surface area contributed by atoms with Crippen LogP contribution in [0.4, 0.5) is 6.01 Å². The third-order valence-electron chi connectivity index (χ3n) is 4.79. The minimum Gasteiger partial charge on any atom is -0.497 e. The van der Waals surface area contributed by atoms with Gasteiger partial charge in [0.25, 0.3) is 0 Å². The van der Waals surface area contributed by atoms with Crippen molar-refractivity contribution in [3.63, 3.8) is 0 Å². The molecule has 0 aliphatic rings. The molecule has 2 aromatic carbocycles. The lowest BCUT2D eigenvalue weighted by Crippen LogP contribution is -2.14. The van der Waals surface area contributed by atoms with Crippen molar-refractivity contribution in [2.24, 2.45) is 0 Å². The predicted molar refractivity (Wildman–Crippen MR) is 116 cm³/mol. The van der Waals surface area contributed by atoms with Crippen LogP contribution in [0.15, 0.2) is 51.8 Å². The molecule has 0 saturated heterocycles. The lowest BCUT2D eigenvalue weighted by molar-refractivity contribution is -0.116. The normalized spacial score (nSPS) is 11.3. The summed E-state index contributed by atoms with van der Waals surface area (Å²) in [6.07, 6.45) is 0.656. The molecule has 3 aromatic rings. The fourth-order valence-corrected chi connectivity index (χ4v) is 4.40. The Morgan fingerprint density at radius 2 is 1.84 bits per heavy atom. The van der Waals surface area contributed by atoms with Crippen LogP contribution in [0, 0.1) is 13.8 Å². The number of benzene rings is 2. The SMILES string of the molecule is COc1ccc(S(=O)(=O)CCCC(=O)Nc2nnc(Cc3ccc(C)cc3C)o2)cc1. The molecule has 0 bridgehead atoms. The first kappa shape index (κ1) is 22.5. The Hall–Kier alpha value is -3.20. The summed E-state index contributed by atoms with van der Waals surface area (Å²) in [6, 6.07) is 12.3. The number of aromatic nitrogens is 2. The number of hydrogen-bond donors (Lipinski definition) is 1. The van der Waals surface area contributed by atoms with Gasteiger partial charge >= 0.3 is 6.01 Å². The molecule has 3 rings (SSSR count). The van der Waals surface area contributed by atoms with E-state index < -0.39 is 9.84 Å². The number of carbonyl (C=O) groups excluding carboxylic acids is 1. The number of hydrogen-bond acceptors (Lipinski definition) is 7. The summed E-state index contributed by atoms with van der Waals surface area (Å²) in [4.78, 5) is 12.3. The van der Waals surface area contributed by atoms with Crippen molar-refractivity contribution in [2.75, 3.05) is 18.2 Å². The van der Waals surface area contributed by atoms with Crippen LogP contribution in [-0.4, -0.2) is 37.4 Å². The van der Waals surface area contributed by atoms with Gasteiger partial charge < -0.3 is 9.15 Å². The van der Waals surface area contributed by atoms with Crippen LogP contribution in [0.2, 0.25) is 0 Å². The minimum atomic E-state index is -3.48. The Balaban J connectivity index is 1.49. The molecule has 0 aliphatic carbocycles. The fourth-order valence-electron chi connectivity index (χ4n) is 3.09. The van der Waals surface area contributed by atoms with Crippen LogP contribution in [0.25, 0.3) is 0 Å². The van der Waals surface area contributed by atoms with E-state index in [1.807, 2.05) is 26.0 Å². The molecule has 31 heavy (non-hydrogen) atoms. The molecule has 0 aliphatic heterocycles. The number of carbonyl (C=O) groups is 1. The molecule has 0 saturated carbocycles. The zero-order valence-electron chi connectivity index (χ0n) is 17.7. The van der Waals surface area contributed by atoms with Gasteiger partial charge in [-0.25, -0.2) is 8.42 Å². The molecule has 8 nitrogen and oxygen atoms in total. The Bertz CT molecular complexity index is 1150. The van der Waals surface area contributed by atoms with E-state index in [9.17, 15) is 13.2 Å². The molecule has 9 heteroatoms. The molecule has 1 amide bonds. The standard InChI is InChI=1S/C22H25N3O5S/c1-15-6-7-17(16(2)13-15)14-21-24-25-22(30-21)23-20(26)5-4-12-31(27,28)19-10-8-18(29-3)9-11-19/h6-11,13H,4-5,12,14H2,1-3H3,(H,23,25,26). The number of ether oxygens (including phenoxy) is 1. The van der Waals surface area contributed by atoms with Gasteiger partial charge in [-0.2, -0.15) is 0 Å². The second-order valence-corrected chi connectivity index (χ2v) is 9.36. The van der Waals surface area contributed by atoms with Gasteiger partial charge in [-0.3, -0.25) is 10.1 Å². The third kappa shape index (κ3) is 6.14. The van der Waals surface area contributed by atoms with Crippen LogP contribution >= 0.6 is 0 Å². The van der Waals surface area contributed by atoms with Gasteiger partial charge in [0.2, 0.25) is 11.8 Å². The highest BCUT2D eigenvalue weighted by Crippen LogP contribution is 2.18. The van der Waals surface area contributed by atoms with Gasteiger partial charge in [-0.05, 0) is 55.7 Å². The highest BCUT2D eigenvalue weighted by atomic mass is 32.2. The quantitative estimate of drug-likeness (QED) is 0.539. The Labute approximate surface area is 181 Å². The summed E-state index contributed by atoms with van der Waals surface area (Å²) >= 11 is 0. The maximum atomic E-state index is 12.4. The number of nitrogens with zero attached hydrogens (tertiary/aromatic N) is 2. The van der Waals surface area contributed by atoms with E-state index in [0.717, 1.165) is 11.1 Å².